The number of nitro groups is 1. The van der Waals surface area contributed by atoms with E-state index >= 15 is 0 Å². The predicted octanol–water partition coefficient (Wildman–Crippen LogP) is 4.25. The minimum Gasteiger partial charge on any atom is -0.369 e. The fourth-order valence-corrected chi connectivity index (χ4v) is 2.93. The highest BCUT2D eigenvalue weighted by molar-refractivity contribution is 6.47. The van der Waals surface area contributed by atoms with E-state index in [4.69, 9.17) is 40.5 Å². The van der Waals surface area contributed by atoms with Crippen LogP contribution in [0.5, 0.6) is 0 Å². The molecule has 0 aliphatic rings. The zero-order valence-corrected chi connectivity index (χ0v) is 13.2. The van der Waals surface area contributed by atoms with Crippen LogP contribution in [0.15, 0.2) is 30.3 Å². The van der Waals surface area contributed by atoms with E-state index in [9.17, 15) is 14.9 Å². The van der Waals surface area contributed by atoms with Gasteiger partial charge in [0, 0.05) is 11.6 Å². The predicted molar refractivity (Wildman–Crippen MR) is 86.5 cm³/mol. The number of halogens is 3. The molecule has 2 N–H and O–H groups in total. The SMILES string of the molecule is NC(=O)Cc1ccccc1-c1c(Cl)cc([N+](=O)[O-])c(Cl)c1Cl. The van der Waals surface area contributed by atoms with Crippen molar-refractivity contribution in [3.63, 3.8) is 0 Å². The first kappa shape index (κ1) is 16.5. The Hall–Kier alpha value is -1.82. The molecule has 114 valence electrons. The van der Waals surface area contributed by atoms with E-state index in [-0.39, 0.29) is 27.2 Å². The van der Waals surface area contributed by atoms with Crippen LogP contribution in [-0.4, -0.2) is 10.8 Å². The van der Waals surface area contributed by atoms with Crippen molar-refractivity contribution in [2.75, 3.05) is 0 Å². The first-order valence-corrected chi connectivity index (χ1v) is 7.14. The van der Waals surface area contributed by atoms with Gasteiger partial charge in [-0.25, -0.2) is 0 Å². The van der Waals surface area contributed by atoms with Crippen LogP contribution in [0.2, 0.25) is 15.1 Å². The number of nitro benzene ring substituents is 1. The Kier molecular flexibility index (Phi) is 4.90. The van der Waals surface area contributed by atoms with Crippen molar-refractivity contribution in [3.05, 3.63) is 61.1 Å². The van der Waals surface area contributed by atoms with Gasteiger partial charge in [-0.2, -0.15) is 0 Å². The first-order chi connectivity index (χ1) is 10.3. The highest BCUT2D eigenvalue weighted by Gasteiger charge is 2.23. The molecule has 0 spiro atoms. The number of nitrogens with two attached hydrogens (primary N) is 1. The van der Waals surface area contributed by atoms with E-state index in [0.29, 0.717) is 16.7 Å². The summed E-state index contributed by atoms with van der Waals surface area (Å²) in [6.07, 6.45) is -0.0164. The lowest BCUT2D eigenvalue weighted by molar-refractivity contribution is -0.384. The summed E-state index contributed by atoms with van der Waals surface area (Å²) in [4.78, 5) is 21.4. The minimum absolute atomic E-state index is 0.0164. The van der Waals surface area contributed by atoms with Gasteiger partial charge in [-0.15, -0.1) is 0 Å². The van der Waals surface area contributed by atoms with Crippen LogP contribution >= 0.6 is 34.8 Å². The summed E-state index contributed by atoms with van der Waals surface area (Å²) in [5, 5.41) is 10.7. The summed E-state index contributed by atoms with van der Waals surface area (Å²) < 4.78 is 0. The summed E-state index contributed by atoms with van der Waals surface area (Å²) in [6.45, 7) is 0. The summed E-state index contributed by atoms with van der Waals surface area (Å²) >= 11 is 18.2. The van der Waals surface area contributed by atoms with E-state index in [1.54, 1.807) is 24.3 Å². The highest BCUT2D eigenvalue weighted by atomic mass is 35.5. The van der Waals surface area contributed by atoms with Crippen molar-refractivity contribution >= 4 is 46.4 Å². The number of amides is 1. The molecule has 2 aromatic carbocycles. The lowest BCUT2D eigenvalue weighted by Crippen LogP contribution is -2.14. The summed E-state index contributed by atoms with van der Waals surface area (Å²) in [5.41, 5.74) is 6.32. The van der Waals surface area contributed by atoms with Crippen LogP contribution in [0.3, 0.4) is 0 Å². The Balaban J connectivity index is 2.71. The number of benzene rings is 2. The number of nitrogens with zero attached hydrogens (tertiary/aromatic N) is 1. The average Bonchev–Trinajstić information content (AvgIpc) is 2.44. The van der Waals surface area contributed by atoms with Gasteiger partial charge in [-0.1, -0.05) is 59.1 Å². The normalized spacial score (nSPS) is 10.5. The van der Waals surface area contributed by atoms with E-state index in [2.05, 4.69) is 0 Å². The molecule has 0 radical (unpaired) electrons. The van der Waals surface area contributed by atoms with Gasteiger partial charge in [0.1, 0.15) is 5.02 Å². The molecule has 22 heavy (non-hydrogen) atoms. The third-order valence-corrected chi connectivity index (χ3v) is 4.14. The average molecular weight is 360 g/mol. The molecule has 2 rings (SSSR count). The van der Waals surface area contributed by atoms with Crippen LogP contribution < -0.4 is 5.73 Å². The second kappa shape index (κ2) is 6.52. The van der Waals surface area contributed by atoms with E-state index in [1.165, 1.54) is 0 Å². The van der Waals surface area contributed by atoms with Gasteiger partial charge < -0.3 is 5.73 Å². The maximum Gasteiger partial charge on any atom is 0.290 e. The molecule has 0 unspecified atom stereocenters. The lowest BCUT2D eigenvalue weighted by Gasteiger charge is -2.13. The molecule has 0 atom stereocenters. The number of primary amides is 1. The molecule has 8 heteroatoms. The molecular weight excluding hydrogens is 351 g/mol. The van der Waals surface area contributed by atoms with Gasteiger partial charge in [-0.3, -0.25) is 14.9 Å². The molecule has 0 aliphatic carbocycles. The Bertz CT molecular complexity index is 778. The number of carbonyl (C=O) groups excluding carboxylic acids is 1. The standard InChI is InChI=1S/C14H9Cl3N2O3/c15-9-6-10(19(21)22)13(16)14(17)12(9)8-4-2-1-3-7(8)5-11(18)20/h1-4,6H,5H2,(H2,18,20). The van der Waals surface area contributed by atoms with Crippen molar-refractivity contribution in [2.24, 2.45) is 5.73 Å². The van der Waals surface area contributed by atoms with E-state index < -0.39 is 10.8 Å². The minimum atomic E-state index is -0.667. The summed E-state index contributed by atoms with van der Waals surface area (Å²) in [7, 11) is 0. The molecule has 0 heterocycles. The van der Waals surface area contributed by atoms with Crippen LogP contribution in [-0.2, 0) is 11.2 Å². The topological polar surface area (TPSA) is 86.2 Å². The fraction of sp³-hybridized carbons (Fsp3) is 0.0714. The largest absolute Gasteiger partial charge is 0.369 e. The number of rotatable bonds is 4. The van der Waals surface area contributed by atoms with Crippen molar-refractivity contribution in [3.8, 4) is 11.1 Å². The number of hydrogen-bond acceptors (Lipinski definition) is 3. The molecule has 0 fully saturated rings. The van der Waals surface area contributed by atoms with Crippen molar-refractivity contribution in [1.29, 1.82) is 0 Å². The first-order valence-electron chi connectivity index (χ1n) is 6.01. The van der Waals surface area contributed by atoms with E-state index in [1.807, 2.05) is 0 Å². The van der Waals surface area contributed by atoms with Gasteiger partial charge >= 0.3 is 0 Å². The summed E-state index contributed by atoms with van der Waals surface area (Å²) in [5.74, 6) is -0.521. The number of hydrogen-bond donors (Lipinski definition) is 1. The fourth-order valence-electron chi connectivity index (χ4n) is 2.07. The molecule has 1 amide bonds. The maximum absolute atomic E-state index is 11.2. The van der Waals surface area contributed by atoms with Crippen molar-refractivity contribution in [2.45, 2.75) is 6.42 Å². The van der Waals surface area contributed by atoms with Gasteiger partial charge in [0.15, 0.2) is 0 Å². The third-order valence-electron chi connectivity index (χ3n) is 2.99. The van der Waals surface area contributed by atoms with Crippen LogP contribution in [0.1, 0.15) is 5.56 Å². The summed E-state index contributed by atoms with van der Waals surface area (Å²) in [6, 6.07) is 7.97. The Morgan fingerprint density at radius 3 is 2.41 bits per heavy atom. The maximum atomic E-state index is 11.2. The molecule has 5 nitrogen and oxygen atoms in total. The third kappa shape index (κ3) is 3.16. The van der Waals surface area contributed by atoms with Gasteiger partial charge in [0.25, 0.3) is 5.69 Å². The Labute approximate surface area is 140 Å². The molecule has 0 saturated carbocycles. The molecule has 0 bridgehead atoms. The lowest BCUT2D eigenvalue weighted by atomic mass is 9.97. The molecule has 0 saturated heterocycles. The van der Waals surface area contributed by atoms with Crippen LogP contribution in [0.4, 0.5) is 5.69 Å². The molecule has 0 aromatic heterocycles. The Morgan fingerprint density at radius 1 is 1.18 bits per heavy atom. The van der Waals surface area contributed by atoms with E-state index in [0.717, 1.165) is 6.07 Å². The van der Waals surface area contributed by atoms with Crippen LogP contribution in [0.25, 0.3) is 11.1 Å². The second-order valence-electron chi connectivity index (χ2n) is 4.44. The zero-order chi connectivity index (χ0) is 16.4. The molecular formula is C14H9Cl3N2O3. The smallest absolute Gasteiger partial charge is 0.290 e. The van der Waals surface area contributed by atoms with Crippen molar-refractivity contribution < 1.29 is 9.72 Å². The van der Waals surface area contributed by atoms with Gasteiger partial charge in [0.05, 0.1) is 21.4 Å². The van der Waals surface area contributed by atoms with Gasteiger partial charge in [0.2, 0.25) is 5.91 Å². The monoisotopic (exact) mass is 358 g/mol. The number of carbonyl (C=O) groups is 1. The molecule has 0 aliphatic heterocycles. The van der Waals surface area contributed by atoms with Crippen molar-refractivity contribution in [1.82, 2.24) is 0 Å². The second-order valence-corrected chi connectivity index (χ2v) is 5.60. The zero-order valence-electron chi connectivity index (χ0n) is 11.0. The Morgan fingerprint density at radius 2 is 1.82 bits per heavy atom. The quantitative estimate of drug-likeness (QED) is 0.503. The van der Waals surface area contributed by atoms with Crippen LogP contribution in [0, 0.1) is 10.1 Å². The molecule has 2 aromatic rings. The van der Waals surface area contributed by atoms with Gasteiger partial charge in [-0.05, 0) is 11.1 Å². The highest BCUT2D eigenvalue weighted by Crippen LogP contribution is 2.45.